The first-order chi connectivity index (χ1) is 28.6. The molecule has 5 aliphatic carbocycles. The number of hydrogen-bond acceptors (Lipinski definition) is 3. The maximum atomic E-state index is 14.7. The van der Waals surface area contributed by atoms with Gasteiger partial charge in [-0.15, -0.1) is 5.73 Å². The molecule has 4 heteroatoms. The Morgan fingerprint density at radius 2 is 1.60 bits per heavy atom. The van der Waals surface area contributed by atoms with Gasteiger partial charge in [-0.3, -0.25) is 4.79 Å². The second-order valence-corrected chi connectivity index (χ2v) is 16.7. The molecule has 0 spiro atoms. The van der Waals surface area contributed by atoms with Gasteiger partial charge in [0.15, 0.2) is 0 Å². The fourth-order valence-electron chi connectivity index (χ4n) is 10.1. The molecule has 0 saturated heterocycles. The molecule has 3 heterocycles. The lowest BCUT2D eigenvalue weighted by atomic mass is 9.82. The molecule has 0 fully saturated rings. The Hall–Kier alpha value is -6.35. The first kappa shape index (κ1) is 34.9. The number of allylic oxidation sites excluding steroid dienone is 13. The number of hydrogen-bond donors (Lipinski definition) is 0. The Kier molecular flexibility index (Phi) is 8.56. The fourth-order valence-corrected chi connectivity index (χ4v) is 10.1. The topological polar surface area (TPSA) is 38.4 Å². The van der Waals surface area contributed by atoms with Crippen molar-refractivity contribution in [2.75, 3.05) is 0 Å². The van der Waals surface area contributed by atoms with Crippen molar-refractivity contribution in [3.63, 3.8) is 0 Å². The molecular formula is C54H46N2O2. The summed E-state index contributed by atoms with van der Waals surface area (Å²) in [6, 6.07) is 21.4. The molecule has 6 aliphatic rings. The van der Waals surface area contributed by atoms with Crippen LogP contribution in [-0.4, -0.2) is 15.5 Å². The summed E-state index contributed by atoms with van der Waals surface area (Å²) in [7, 11) is 0. The van der Waals surface area contributed by atoms with Crippen LogP contribution in [0.5, 0.6) is 0 Å². The van der Waals surface area contributed by atoms with E-state index in [1.807, 2.05) is 36.4 Å². The number of rotatable bonds is 4. The van der Waals surface area contributed by atoms with Crippen LogP contribution < -0.4 is 5.43 Å². The van der Waals surface area contributed by atoms with Gasteiger partial charge >= 0.3 is 0 Å². The lowest BCUT2D eigenvalue weighted by molar-refractivity contribution is 0.376. The number of nitrogens with zero attached hydrogens (tertiary/aromatic N) is 2. The molecule has 2 aromatic heterocycles. The van der Waals surface area contributed by atoms with Gasteiger partial charge in [-0.05, 0) is 146 Å². The zero-order valence-electron chi connectivity index (χ0n) is 33.0. The third-order valence-electron chi connectivity index (χ3n) is 12.9. The molecule has 0 bridgehead atoms. The maximum absolute atomic E-state index is 14.7. The molecule has 284 valence electrons. The van der Waals surface area contributed by atoms with E-state index in [0.717, 1.165) is 66.3 Å². The van der Waals surface area contributed by atoms with Crippen LogP contribution in [0, 0.1) is 11.8 Å². The summed E-state index contributed by atoms with van der Waals surface area (Å²) in [5.41, 5.74) is 16.2. The summed E-state index contributed by atoms with van der Waals surface area (Å²) in [6.45, 7) is 2.37. The third-order valence-corrected chi connectivity index (χ3v) is 12.9. The van der Waals surface area contributed by atoms with Gasteiger partial charge in [-0.2, -0.15) is 0 Å². The van der Waals surface area contributed by atoms with Crippen molar-refractivity contribution in [1.82, 2.24) is 9.47 Å². The average Bonchev–Trinajstić information content (AvgIpc) is 3.55. The molecule has 1 aliphatic heterocycles. The Morgan fingerprint density at radius 1 is 0.776 bits per heavy atom. The van der Waals surface area contributed by atoms with Gasteiger partial charge in [-0.1, -0.05) is 91.9 Å². The van der Waals surface area contributed by atoms with Crippen LogP contribution in [-0.2, 0) is 0 Å². The van der Waals surface area contributed by atoms with Crippen molar-refractivity contribution < 1.29 is 4.42 Å². The van der Waals surface area contributed by atoms with Gasteiger partial charge in [0, 0.05) is 33.8 Å². The van der Waals surface area contributed by atoms with Crippen LogP contribution in [0.4, 0.5) is 0 Å². The van der Waals surface area contributed by atoms with E-state index >= 15 is 0 Å². The highest BCUT2D eigenvalue weighted by Crippen LogP contribution is 2.47. The first-order valence-electron chi connectivity index (χ1n) is 21.2. The molecule has 4 nitrogen and oxygen atoms in total. The van der Waals surface area contributed by atoms with Gasteiger partial charge in [0.1, 0.15) is 11.3 Å². The monoisotopic (exact) mass is 754 g/mol. The maximum Gasteiger partial charge on any atom is 0.201 e. The summed E-state index contributed by atoms with van der Waals surface area (Å²) in [6.07, 6.45) is 40.6. The van der Waals surface area contributed by atoms with Crippen LogP contribution in [0.25, 0.3) is 61.8 Å². The van der Waals surface area contributed by atoms with E-state index in [-0.39, 0.29) is 17.4 Å². The molecule has 11 rings (SSSR count). The number of para-hydroxylation sites is 1. The summed E-state index contributed by atoms with van der Waals surface area (Å²) in [5.74, 6) is 1.42. The molecule has 3 aromatic carbocycles. The minimum absolute atomic E-state index is 0.0417. The average molecular weight is 755 g/mol. The summed E-state index contributed by atoms with van der Waals surface area (Å²) in [5, 5.41) is 2.96. The van der Waals surface area contributed by atoms with E-state index in [9.17, 15) is 4.79 Å². The van der Waals surface area contributed by atoms with E-state index in [1.165, 1.54) is 51.8 Å². The van der Waals surface area contributed by atoms with Crippen molar-refractivity contribution in [2.24, 2.45) is 11.8 Å². The summed E-state index contributed by atoms with van der Waals surface area (Å²) >= 11 is 0. The van der Waals surface area contributed by atoms with Crippen LogP contribution in [0.1, 0.15) is 69.6 Å². The van der Waals surface area contributed by atoms with E-state index in [2.05, 4.69) is 131 Å². The highest BCUT2D eigenvalue weighted by molar-refractivity contribution is 6.12. The molecule has 58 heavy (non-hydrogen) atoms. The molecule has 3 unspecified atom stereocenters. The molecule has 5 aromatic rings. The smallest absolute Gasteiger partial charge is 0.201 e. The molecule has 0 amide bonds. The molecular weight excluding hydrogens is 709 g/mol. The fraction of sp³-hybridized carbons (Fsp3) is 0.222. The Balaban J connectivity index is 0.990. The second-order valence-electron chi connectivity index (χ2n) is 16.7. The standard InChI is InChI=1S/C54H46N2O2/c1-35-15-12-25-48-44(31-35)46-32-37(27-29-50(46)56(48)40-19-8-4-5-9-20-40)36-16-13-23-43-52(34-36)58-51-26-14-22-41(53(51)54(43)57)38-28-30-49-45(33-38)42-21-10-11-24-47(42)55(49)39-17-6-2-3-7-18-39/h6,8,10-12,14,16-30,32-35,46,50H,2-5,7,9,15,31H2,1H3. The van der Waals surface area contributed by atoms with Gasteiger partial charge < -0.3 is 13.9 Å². The SMILES string of the molecule is CC1CC=CC2=C(C1)C1C=C(C3=Cc4oc5cccc(-c6ccc7c(c6)c6ccccc6n7C6=CCCCC=C6)c5c(=O)c4C=C=C3)C=CC1N2C1=CCCCC=C1. The minimum Gasteiger partial charge on any atom is -0.456 e. The second kappa shape index (κ2) is 14.2. The van der Waals surface area contributed by atoms with Gasteiger partial charge in [-0.25, -0.2) is 0 Å². The Bertz CT molecular complexity index is 2990. The molecule has 3 atom stereocenters. The first-order valence-corrected chi connectivity index (χ1v) is 21.2. The quantitative estimate of drug-likeness (QED) is 0.172. The van der Waals surface area contributed by atoms with Gasteiger partial charge in [0.05, 0.1) is 28.0 Å². The van der Waals surface area contributed by atoms with Crippen molar-refractivity contribution in [1.29, 1.82) is 0 Å². The Morgan fingerprint density at radius 3 is 2.50 bits per heavy atom. The summed E-state index contributed by atoms with van der Waals surface area (Å²) < 4.78 is 9.09. The lowest BCUT2D eigenvalue weighted by Crippen LogP contribution is -2.32. The van der Waals surface area contributed by atoms with E-state index in [1.54, 1.807) is 0 Å². The van der Waals surface area contributed by atoms with Crippen LogP contribution >= 0.6 is 0 Å². The normalized spacial score (nSPS) is 22.6. The van der Waals surface area contributed by atoms with Crippen molar-refractivity contribution in [2.45, 2.75) is 64.3 Å². The third kappa shape index (κ3) is 5.77. The van der Waals surface area contributed by atoms with Crippen LogP contribution in [0.2, 0.25) is 0 Å². The van der Waals surface area contributed by atoms with Crippen LogP contribution in [0.3, 0.4) is 0 Å². The molecule has 0 radical (unpaired) electrons. The zero-order valence-corrected chi connectivity index (χ0v) is 33.0. The predicted molar refractivity (Wildman–Crippen MR) is 241 cm³/mol. The molecule has 0 N–H and O–H groups in total. The molecule has 0 saturated carbocycles. The van der Waals surface area contributed by atoms with Crippen molar-refractivity contribution in [3.05, 3.63) is 189 Å². The highest BCUT2D eigenvalue weighted by Gasteiger charge is 2.41. The van der Waals surface area contributed by atoms with Crippen LogP contribution in [0.15, 0.2) is 177 Å². The number of aromatic nitrogens is 1. The Labute approximate surface area is 339 Å². The van der Waals surface area contributed by atoms with Gasteiger partial charge in [0.2, 0.25) is 5.43 Å². The number of fused-ring (bicyclic) bond motifs is 7. The highest BCUT2D eigenvalue weighted by atomic mass is 16.3. The van der Waals surface area contributed by atoms with E-state index in [4.69, 9.17) is 4.42 Å². The summed E-state index contributed by atoms with van der Waals surface area (Å²) in [4.78, 5) is 17.2. The van der Waals surface area contributed by atoms with Gasteiger partial charge in [0.25, 0.3) is 0 Å². The van der Waals surface area contributed by atoms with E-state index in [0.29, 0.717) is 28.2 Å². The van der Waals surface area contributed by atoms with E-state index < -0.39 is 0 Å². The zero-order chi connectivity index (χ0) is 38.7. The predicted octanol–water partition coefficient (Wildman–Crippen LogP) is 13.4. The van der Waals surface area contributed by atoms with Crippen molar-refractivity contribution in [3.8, 4) is 11.1 Å². The minimum atomic E-state index is -0.0417. The number of benzene rings is 3. The lowest BCUT2D eigenvalue weighted by Gasteiger charge is -2.32. The van der Waals surface area contributed by atoms with Crippen molar-refractivity contribution >= 4 is 50.6 Å². The largest absolute Gasteiger partial charge is 0.456 e.